The third-order valence-corrected chi connectivity index (χ3v) is 14.7. The minimum atomic E-state index is 1.08. The molecule has 14 rings (SSSR count). The van der Waals surface area contributed by atoms with Gasteiger partial charge in [0.05, 0.1) is 11.0 Å². The van der Waals surface area contributed by atoms with Gasteiger partial charge in [0.1, 0.15) is 0 Å². The van der Waals surface area contributed by atoms with Crippen molar-refractivity contribution in [3.05, 3.63) is 279 Å². The maximum atomic E-state index is 2.43. The third kappa shape index (κ3) is 7.03. The molecule has 2 nitrogen and oxygen atoms in total. The predicted molar refractivity (Wildman–Crippen MR) is 307 cm³/mol. The van der Waals surface area contributed by atoms with E-state index in [0.717, 1.165) is 28.3 Å². The standard InChI is InChI=1S/C70H46N2/c1-2-21-56(22-3-1)72-68-30-14-29-63(70(68)67-44-52-16-4-5-17-53(52)46-69(67)72)54-20-12-23-59(43-54)71(58-41-37-51(38-42-58)66-45-55-18-7-9-25-62(55)64-26-10-11-27-65(64)66)57-39-35-48(36-40-57)47-31-33-50(34-32-47)61-28-13-19-49-15-6-8-24-60(49)61/h1-46H. The molecule has 0 unspecified atom stereocenters. The molecule has 0 radical (unpaired) electrons. The van der Waals surface area contributed by atoms with Gasteiger partial charge in [-0.15, -0.1) is 0 Å². The van der Waals surface area contributed by atoms with Gasteiger partial charge in [0.15, 0.2) is 0 Å². The first kappa shape index (κ1) is 41.5. The smallest absolute Gasteiger partial charge is 0.0547 e. The highest BCUT2D eigenvalue weighted by atomic mass is 15.1. The predicted octanol–water partition coefficient (Wildman–Crippen LogP) is 19.5. The summed E-state index contributed by atoms with van der Waals surface area (Å²) in [4.78, 5) is 2.40. The van der Waals surface area contributed by atoms with Gasteiger partial charge in [0, 0.05) is 33.5 Å². The molecule has 0 bridgehead atoms. The molecule has 336 valence electrons. The Hall–Kier alpha value is -9.50. The van der Waals surface area contributed by atoms with Crippen molar-refractivity contribution in [1.82, 2.24) is 4.57 Å². The summed E-state index contributed by atoms with van der Waals surface area (Å²) in [6.45, 7) is 0. The van der Waals surface area contributed by atoms with E-state index in [1.807, 2.05) is 0 Å². The van der Waals surface area contributed by atoms with Crippen molar-refractivity contribution in [3.8, 4) is 50.2 Å². The van der Waals surface area contributed by atoms with Gasteiger partial charge in [0.2, 0.25) is 0 Å². The third-order valence-electron chi connectivity index (χ3n) is 14.7. The van der Waals surface area contributed by atoms with Crippen molar-refractivity contribution in [2.75, 3.05) is 4.90 Å². The van der Waals surface area contributed by atoms with Crippen LogP contribution in [0.25, 0.3) is 115 Å². The molecule has 13 aromatic carbocycles. The maximum Gasteiger partial charge on any atom is 0.0547 e. The van der Waals surface area contributed by atoms with E-state index >= 15 is 0 Å². The second kappa shape index (κ2) is 17.2. The van der Waals surface area contributed by atoms with Gasteiger partial charge in [-0.2, -0.15) is 0 Å². The molecule has 0 saturated carbocycles. The Kier molecular flexibility index (Phi) is 9.89. The summed E-state index contributed by atoms with van der Waals surface area (Å²) in [5.41, 5.74) is 16.4. The maximum absolute atomic E-state index is 2.43. The van der Waals surface area contributed by atoms with Gasteiger partial charge in [-0.25, -0.2) is 0 Å². The zero-order valence-electron chi connectivity index (χ0n) is 39.5. The van der Waals surface area contributed by atoms with Gasteiger partial charge in [-0.05, 0) is 160 Å². The van der Waals surface area contributed by atoms with Crippen LogP contribution >= 0.6 is 0 Å². The monoisotopic (exact) mass is 914 g/mol. The lowest BCUT2D eigenvalue weighted by Gasteiger charge is -2.26. The quantitative estimate of drug-likeness (QED) is 0.138. The number of nitrogens with zero attached hydrogens (tertiary/aromatic N) is 2. The molecule has 0 amide bonds. The van der Waals surface area contributed by atoms with Crippen LogP contribution in [0.4, 0.5) is 17.1 Å². The summed E-state index contributed by atoms with van der Waals surface area (Å²) in [5, 5.41) is 12.5. The minimum absolute atomic E-state index is 1.08. The van der Waals surface area contributed by atoms with E-state index in [9.17, 15) is 0 Å². The zero-order valence-corrected chi connectivity index (χ0v) is 39.5. The fourth-order valence-electron chi connectivity index (χ4n) is 11.3. The molecule has 72 heavy (non-hydrogen) atoms. The minimum Gasteiger partial charge on any atom is -0.310 e. The lowest BCUT2D eigenvalue weighted by atomic mass is 9.93. The molecule has 0 N–H and O–H groups in total. The average Bonchev–Trinajstić information content (AvgIpc) is 3.78. The van der Waals surface area contributed by atoms with Gasteiger partial charge >= 0.3 is 0 Å². The lowest BCUT2D eigenvalue weighted by molar-refractivity contribution is 1.18. The van der Waals surface area contributed by atoms with E-state index in [2.05, 4.69) is 289 Å². The highest BCUT2D eigenvalue weighted by Gasteiger charge is 2.20. The Morgan fingerprint density at radius 3 is 1.51 bits per heavy atom. The van der Waals surface area contributed by atoms with Crippen molar-refractivity contribution < 1.29 is 0 Å². The topological polar surface area (TPSA) is 8.17 Å². The normalized spacial score (nSPS) is 11.6. The van der Waals surface area contributed by atoms with Crippen LogP contribution in [-0.4, -0.2) is 4.57 Å². The fraction of sp³-hybridized carbons (Fsp3) is 0. The van der Waals surface area contributed by atoms with Crippen LogP contribution in [0.15, 0.2) is 279 Å². The highest BCUT2D eigenvalue weighted by molar-refractivity contribution is 6.19. The Morgan fingerprint density at radius 1 is 0.236 bits per heavy atom. The van der Waals surface area contributed by atoms with E-state index in [4.69, 9.17) is 0 Å². The van der Waals surface area contributed by atoms with E-state index in [1.165, 1.54) is 104 Å². The summed E-state index contributed by atoms with van der Waals surface area (Å²) in [6, 6.07) is 102. The number of hydrogen-bond acceptors (Lipinski definition) is 1. The molecule has 0 spiro atoms. The largest absolute Gasteiger partial charge is 0.310 e. The van der Waals surface area contributed by atoms with Crippen LogP contribution in [-0.2, 0) is 0 Å². The Labute approximate surface area is 418 Å². The van der Waals surface area contributed by atoms with Gasteiger partial charge < -0.3 is 9.47 Å². The summed E-state index contributed by atoms with van der Waals surface area (Å²) in [7, 11) is 0. The molecule has 0 atom stereocenters. The number of fused-ring (bicyclic) bond motifs is 8. The van der Waals surface area contributed by atoms with E-state index in [1.54, 1.807) is 0 Å². The van der Waals surface area contributed by atoms with Crippen LogP contribution in [0.1, 0.15) is 0 Å². The van der Waals surface area contributed by atoms with Gasteiger partial charge in [-0.3, -0.25) is 0 Å². The number of benzene rings is 13. The fourth-order valence-corrected chi connectivity index (χ4v) is 11.3. The molecule has 14 aromatic rings. The lowest BCUT2D eigenvalue weighted by Crippen LogP contribution is -2.10. The SMILES string of the molecule is c1ccc(-n2c3cc4ccccc4cc3c3c(-c4cccc(N(c5ccc(-c6ccc(-c7cccc8ccccc78)cc6)cc5)c5ccc(-c6cc7ccccc7c7ccccc67)cc5)c4)cccc32)cc1. The number of aromatic nitrogens is 1. The molecule has 1 heterocycles. The van der Waals surface area contributed by atoms with Crippen molar-refractivity contribution in [3.63, 3.8) is 0 Å². The first-order valence-corrected chi connectivity index (χ1v) is 24.8. The second-order valence-electron chi connectivity index (χ2n) is 18.9. The molecule has 0 fully saturated rings. The van der Waals surface area contributed by atoms with Crippen LogP contribution in [0, 0.1) is 0 Å². The zero-order chi connectivity index (χ0) is 47.5. The summed E-state index contributed by atoms with van der Waals surface area (Å²) in [6.07, 6.45) is 0. The number of hydrogen-bond donors (Lipinski definition) is 0. The second-order valence-corrected chi connectivity index (χ2v) is 18.9. The molecule has 0 aliphatic heterocycles. The Balaban J connectivity index is 0.898. The van der Waals surface area contributed by atoms with Crippen LogP contribution in [0.3, 0.4) is 0 Å². The molecule has 0 aliphatic rings. The van der Waals surface area contributed by atoms with E-state index in [-0.39, 0.29) is 0 Å². The van der Waals surface area contributed by atoms with Gasteiger partial charge in [0.25, 0.3) is 0 Å². The first-order chi connectivity index (χ1) is 35.7. The molecule has 2 heteroatoms. The summed E-state index contributed by atoms with van der Waals surface area (Å²) < 4.78 is 2.43. The molecule has 0 saturated heterocycles. The van der Waals surface area contributed by atoms with Crippen molar-refractivity contribution >= 4 is 82.0 Å². The summed E-state index contributed by atoms with van der Waals surface area (Å²) >= 11 is 0. The highest BCUT2D eigenvalue weighted by Crippen LogP contribution is 2.44. The van der Waals surface area contributed by atoms with E-state index < -0.39 is 0 Å². The number of para-hydroxylation sites is 1. The average molecular weight is 915 g/mol. The van der Waals surface area contributed by atoms with Gasteiger partial charge in [-0.1, -0.05) is 206 Å². The molecular weight excluding hydrogens is 869 g/mol. The van der Waals surface area contributed by atoms with Crippen molar-refractivity contribution in [2.45, 2.75) is 0 Å². The number of anilines is 3. The van der Waals surface area contributed by atoms with Crippen molar-refractivity contribution in [1.29, 1.82) is 0 Å². The Bertz CT molecular complexity index is 4350. The van der Waals surface area contributed by atoms with Crippen LogP contribution in [0.5, 0.6) is 0 Å². The van der Waals surface area contributed by atoms with Crippen LogP contribution < -0.4 is 4.90 Å². The number of rotatable bonds is 8. The molecule has 0 aliphatic carbocycles. The van der Waals surface area contributed by atoms with E-state index in [0.29, 0.717) is 0 Å². The molecular formula is C70H46N2. The molecule has 1 aromatic heterocycles. The first-order valence-electron chi connectivity index (χ1n) is 24.8. The van der Waals surface area contributed by atoms with Crippen molar-refractivity contribution in [2.24, 2.45) is 0 Å². The Morgan fingerprint density at radius 2 is 0.764 bits per heavy atom. The summed E-state index contributed by atoms with van der Waals surface area (Å²) in [5.74, 6) is 0. The van der Waals surface area contributed by atoms with Crippen LogP contribution in [0.2, 0.25) is 0 Å².